The zero-order valence-electron chi connectivity index (χ0n) is 18.8. The van der Waals surface area contributed by atoms with E-state index in [0.717, 1.165) is 106 Å². The summed E-state index contributed by atoms with van der Waals surface area (Å²) in [4.78, 5) is 7.17. The molecular formula is C24H30BrN5O3. The standard InChI is InChI=1S/C24H30BrN5O3/c25-19-1-3-20(4-2-19)26-27-24-22(29-7-13-32-14-8-29)17-21(28-5-11-31-12-6-28)18-23(24)30-9-15-33-16-10-30/h1-4,17-18H,5-16H2. The van der Waals surface area contributed by atoms with Crippen LogP contribution < -0.4 is 14.7 Å². The second-order valence-electron chi connectivity index (χ2n) is 8.31. The number of azo groups is 1. The molecular weight excluding hydrogens is 486 g/mol. The normalized spacial score (nSPS) is 20.0. The molecule has 0 bridgehead atoms. The summed E-state index contributed by atoms with van der Waals surface area (Å²) in [7, 11) is 0. The highest BCUT2D eigenvalue weighted by Crippen LogP contribution is 2.44. The molecule has 0 radical (unpaired) electrons. The molecule has 2 aromatic carbocycles. The molecule has 3 aliphatic rings. The maximum atomic E-state index is 5.64. The molecule has 2 aromatic rings. The highest BCUT2D eigenvalue weighted by atomic mass is 79.9. The summed E-state index contributed by atoms with van der Waals surface area (Å²) in [5.41, 5.74) is 5.19. The van der Waals surface area contributed by atoms with Crippen LogP contribution in [0.15, 0.2) is 51.1 Å². The molecule has 33 heavy (non-hydrogen) atoms. The summed E-state index contributed by atoms with van der Waals surface area (Å²) in [6.45, 7) is 9.55. The summed E-state index contributed by atoms with van der Waals surface area (Å²) in [6.07, 6.45) is 0. The molecule has 5 rings (SSSR count). The van der Waals surface area contributed by atoms with Crippen LogP contribution in [0, 0.1) is 0 Å². The van der Waals surface area contributed by atoms with E-state index in [1.165, 1.54) is 5.69 Å². The lowest BCUT2D eigenvalue weighted by Crippen LogP contribution is -2.39. The predicted molar refractivity (Wildman–Crippen MR) is 134 cm³/mol. The van der Waals surface area contributed by atoms with Crippen molar-refractivity contribution in [3.63, 3.8) is 0 Å². The Hall–Kier alpha value is -2.20. The fraction of sp³-hybridized carbons (Fsp3) is 0.500. The van der Waals surface area contributed by atoms with Gasteiger partial charge in [0.1, 0.15) is 5.69 Å². The summed E-state index contributed by atoms with van der Waals surface area (Å²) < 4.78 is 17.9. The van der Waals surface area contributed by atoms with Gasteiger partial charge in [-0.15, -0.1) is 5.11 Å². The Morgan fingerprint density at radius 3 is 1.55 bits per heavy atom. The third-order valence-corrected chi connectivity index (χ3v) is 6.75. The van der Waals surface area contributed by atoms with Gasteiger partial charge in [0, 0.05) is 49.4 Å². The SMILES string of the molecule is Brc1ccc(N=Nc2c(N3CCOCC3)cc(N3CCOCC3)cc2N2CCOCC2)cc1. The van der Waals surface area contributed by atoms with E-state index in [0.29, 0.717) is 0 Å². The van der Waals surface area contributed by atoms with E-state index in [1.807, 2.05) is 24.3 Å². The van der Waals surface area contributed by atoms with Crippen LogP contribution in [0.4, 0.5) is 28.4 Å². The van der Waals surface area contributed by atoms with Gasteiger partial charge in [-0.25, -0.2) is 0 Å². The average Bonchev–Trinajstić information content (AvgIpc) is 2.89. The van der Waals surface area contributed by atoms with Gasteiger partial charge in [-0.1, -0.05) is 15.9 Å². The number of hydrogen-bond donors (Lipinski definition) is 0. The highest BCUT2D eigenvalue weighted by Gasteiger charge is 2.25. The Labute approximate surface area is 203 Å². The van der Waals surface area contributed by atoms with E-state index >= 15 is 0 Å². The first-order valence-electron chi connectivity index (χ1n) is 11.6. The van der Waals surface area contributed by atoms with Gasteiger partial charge in [-0.05, 0) is 36.4 Å². The third-order valence-electron chi connectivity index (χ3n) is 6.23. The maximum Gasteiger partial charge on any atom is 0.132 e. The Balaban J connectivity index is 1.59. The molecule has 3 heterocycles. The molecule has 3 aliphatic heterocycles. The predicted octanol–water partition coefficient (Wildman–Crippen LogP) is 4.37. The molecule has 176 valence electrons. The van der Waals surface area contributed by atoms with Gasteiger partial charge in [-0.2, -0.15) is 5.11 Å². The number of nitrogens with zero attached hydrogens (tertiary/aromatic N) is 5. The van der Waals surface area contributed by atoms with Crippen molar-refractivity contribution in [3.05, 3.63) is 40.9 Å². The molecule has 3 fully saturated rings. The van der Waals surface area contributed by atoms with Crippen LogP contribution in [0.2, 0.25) is 0 Å². The van der Waals surface area contributed by atoms with Crippen molar-refractivity contribution in [3.8, 4) is 0 Å². The van der Waals surface area contributed by atoms with E-state index in [4.69, 9.17) is 19.3 Å². The van der Waals surface area contributed by atoms with Crippen LogP contribution in [-0.4, -0.2) is 78.9 Å². The number of halogens is 1. The molecule has 0 atom stereocenters. The highest BCUT2D eigenvalue weighted by molar-refractivity contribution is 9.10. The zero-order valence-corrected chi connectivity index (χ0v) is 20.4. The van der Waals surface area contributed by atoms with Crippen molar-refractivity contribution in [1.82, 2.24) is 0 Å². The quantitative estimate of drug-likeness (QED) is 0.550. The van der Waals surface area contributed by atoms with Crippen LogP contribution in [-0.2, 0) is 14.2 Å². The minimum absolute atomic E-state index is 0.720. The fourth-order valence-electron chi connectivity index (χ4n) is 4.40. The molecule has 8 nitrogen and oxygen atoms in total. The van der Waals surface area contributed by atoms with E-state index in [-0.39, 0.29) is 0 Å². The largest absolute Gasteiger partial charge is 0.378 e. The van der Waals surface area contributed by atoms with Gasteiger partial charge in [-0.3, -0.25) is 0 Å². The Morgan fingerprint density at radius 2 is 1.06 bits per heavy atom. The summed E-state index contributed by atoms with van der Waals surface area (Å²) in [5, 5.41) is 9.47. The number of anilines is 3. The Kier molecular flexibility index (Phi) is 7.40. The van der Waals surface area contributed by atoms with Gasteiger partial charge in [0.2, 0.25) is 0 Å². The van der Waals surface area contributed by atoms with Crippen molar-refractivity contribution in [1.29, 1.82) is 0 Å². The molecule has 0 saturated carbocycles. The lowest BCUT2D eigenvalue weighted by Gasteiger charge is -2.36. The first kappa shape index (κ1) is 22.6. The van der Waals surface area contributed by atoms with Gasteiger partial charge in [0.05, 0.1) is 56.7 Å². The number of benzene rings is 2. The minimum Gasteiger partial charge on any atom is -0.378 e. The summed E-state index contributed by atoms with van der Waals surface area (Å²) in [5.74, 6) is 0. The molecule has 0 aliphatic carbocycles. The smallest absolute Gasteiger partial charge is 0.132 e. The van der Waals surface area contributed by atoms with Gasteiger partial charge < -0.3 is 28.9 Å². The summed E-state index contributed by atoms with van der Waals surface area (Å²) in [6, 6.07) is 12.5. The zero-order chi connectivity index (χ0) is 22.5. The monoisotopic (exact) mass is 515 g/mol. The van der Waals surface area contributed by atoms with E-state index in [2.05, 4.69) is 47.9 Å². The number of ether oxygens (including phenoxy) is 3. The van der Waals surface area contributed by atoms with Crippen LogP contribution >= 0.6 is 15.9 Å². The number of hydrogen-bond acceptors (Lipinski definition) is 8. The topological polar surface area (TPSA) is 62.1 Å². The van der Waals surface area contributed by atoms with Gasteiger partial charge in [0.25, 0.3) is 0 Å². The molecule has 9 heteroatoms. The van der Waals surface area contributed by atoms with E-state index < -0.39 is 0 Å². The molecule has 0 N–H and O–H groups in total. The first-order chi connectivity index (χ1) is 16.3. The lowest BCUT2D eigenvalue weighted by molar-refractivity contribution is 0.122. The van der Waals surface area contributed by atoms with Crippen LogP contribution in [0.25, 0.3) is 0 Å². The lowest BCUT2D eigenvalue weighted by atomic mass is 10.1. The van der Waals surface area contributed by atoms with Crippen LogP contribution in [0.5, 0.6) is 0 Å². The number of rotatable bonds is 5. The molecule has 0 aromatic heterocycles. The molecule has 3 saturated heterocycles. The van der Waals surface area contributed by atoms with Crippen LogP contribution in [0.1, 0.15) is 0 Å². The van der Waals surface area contributed by atoms with E-state index in [9.17, 15) is 0 Å². The van der Waals surface area contributed by atoms with Crippen molar-refractivity contribution < 1.29 is 14.2 Å². The molecule has 0 unspecified atom stereocenters. The average molecular weight is 516 g/mol. The summed E-state index contributed by atoms with van der Waals surface area (Å²) >= 11 is 3.49. The second kappa shape index (κ2) is 10.8. The second-order valence-corrected chi connectivity index (χ2v) is 9.22. The molecule has 0 spiro atoms. The van der Waals surface area contributed by atoms with Crippen LogP contribution in [0.3, 0.4) is 0 Å². The van der Waals surface area contributed by atoms with Gasteiger partial charge >= 0.3 is 0 Å². The van der Waals surface area contributed by atoms with E-state index in [1.54, 1.807) is 0 Å². The minimum atomic E-state index is 0.720. The van der Waals surface area contributed by atoms with Crippen molar-refractivity contribution in [2.24, 2.45) is 10.2 Å². The van der Waals surface area contributed by atoms with Crippen molar-refractivity contribution in [2.75, 3.05) is 93.6 Å². The third kappa shape index (κ3) is 5.48. The maximum absolute atomic E-state index is 5.64. The first-order valence-corrected chi connectivity index (χ1v) is 12.4. The van der Waals surface area contributed by atoms with Crippen molar-refractivity contribution >= 4 is 44.4 Å². The number of morpholine rings is 3. The Bertz CT molecular complexity index is 914. The fourth-order valence-corrected chi connectivity index (χ4v) is 4.67. The molecule has 0 amide bonds. The van der Waals surface area contributed by atoms with Crippen molar-refractivity contribution in [2.45, 2.75) is 0 Å². The van der Waals surface area contributed by atoms with Gasteiger partial charge in [0.15, 0.2) is 0 Å². The Morgan fingerprint density at radius 1 is 0.606 bits per heavy atom.